The molecule has 0 aliphatic heterocycles. The number of nitrogens with zero attached hydrogens (tertiary/aromatic N) is 3. The molecule has 23 heavy (non-hydrogen) atoms. The molecule has 0 aliphatic carbocycles. The third kappa shape index (κ3) is 3.43. The minimum absolute atomic E-state index is 0.135. The van der Waals surface area contributed by atoms with Gasteiger partial charge in [-0.2, -0.15) is 0 Å². The van der Waals surface area contributed by atoms with Crippen LogP contribution in [0.15, 0.2) is 40.9 Å². The second-order valence-corrected chi connectivity index (χ2v) is 5.59. The molecule has 0 fully saturated rings. The molecule has 3 rings (SSSR count). The van der Waals surface area contributed by atoms with E-state index in [1.807, 2.05) is 25.1 Å². The van der Waals surface area contributed by atoms with Gasteiger partial charge >= 0.3 is 0 Å². The lowest BCUT2D eigenvalue weighted by atomic mass is 10.2. The van der Waals surface area contributed by atoms with Gasteiger partial charge in [-0.15, -0.1) is 10.2 Å². The third-order valence-corrected chi connectivity index (χ3v) is 3.60. The Kier molecular flexibility index (Phi) is 4.16. The molecule has 1 N–H and O–H groups in total. The van der Waals surface area contributed by atoms with E-state index in [0.717, 1.165) is 5.56 Å². The van der Waals surface area contributed by atoms with Crippen LogP contribution in [0.1, 0.15) is 11.5 Å². The van der Waals surface area contributed by atoms with Gasteiger partial charge in [0.1, 0.15) is 12.2 Å². The molecule has 0 saturated carbocycles. The summed E-state index contributed by atoms with van der Waals surface area (Å²) in [4.78, 5) is 12.3. The van der Waals surface area contributed by atoms with Crippen molar-refractivity contribution >= 4 is 23.2 Å². The number of hydrogen-bond acceptors (Lipinski definition) is 4. The third-order valence-electron chi connectivity index (χ3n) is 3.36. The number of nitrogens with one attached hydrogen (secondary N) is 1. The van der Waals surface area contributed by atoms with Gasteiger partial charge in [0.25, 0.3) is 5.89 Å². The van der Waals surface area contributed by atoms with Crippen LogP contribution in [0.3, 0.4) is 0 Å². The zero-order valence-electron chi connectivity index (χ0n) is 12.7. The number of amides is 1. The Hall–Kier alpha value is -2.60. The van der Waals surface area contributed by atoms with Crippen molar-refractivity contribution in [2.45, 2.75) is 20.4 Å². The van der Waals surface area contributed by atoms with Crippen molar-refractivity contribution in [2.75, 3.05) is 5.32 Å². The van der Waals surface area contributed by atoms with Crippen LogP contribution in [-0.4, -0.2) is 20.7 Å². The fourth-order valence-electron chi connectivity index (χ4n) is 2.22. The first-order valence-corrected chi connectivity index (χ1v) is 7.42. The zero-order valence-corrected chi connectivity index (χ0v) is 13.5. The Labute approximate surface area is 138 Å². The molecule has 2 heterocycles. The first kappa shape index (κ1) is 15.3. The molecular weight excluding hydrogens is 316 g/mol. The molecular formula is C16H15ClN4O2. The van der Waals surface area contributed by atoms with Crippen LogP contribution in [0.2, 0.25) is 5.02 Å². The van der Waals surface area contributed by atoms with E-state index >= 15 is 0 Å². The summed E-state index contributed by atoms with van der Waals surface area (Å²) in [5, 5.41) is 11.2. The molecule has 6 nitrogen and oxygen atoms in total. The lowest BCUT2D eigenvalue weighted by Crippen LogP contribution is -2.19. The number of anilines is 1. The van der Waals surface area contributed by atoms with Gasteiger partial charge in [-0.3, -0.25) is 4.79 Å². The lowest BCUT2D eigenvalue weighted by Gasteiger charge is -2.10. The fourth-order valence-corrected chi connectivity index (χ4v) is 2.39. The first-order valence-electron chi connectivity index (χ1n) is 7.04. The predicted molar refractivity (Wildman–Crippen MR) is 87.3 cm³/mol. The van der Waals surface area contributed by atoms with Crippen molar-refractivity contribution in [1.82, 2.24) is 14.8 Å². The number of aromatic nitrogens is 3. The highest BCUT2D eigenvalue weighted by molar-refractivity contribution is 6.31. The van der Waals surface area contributed by atoms with Crippen LogP contribution < -0.4 is 5.32 Å². The quantitative estimate of drug-likeness (QED) is 0.795. The van der Waals surface area contributed by atoms with Crippen molar-refractivity contribution in [1.29, 1.82) is 0 Å². The normalized spacial score (nSPS) is 10.7. The second kappa shape index (κ2) is 6.26. The minimum Gasteiger partial charge on any atom is -0.420 e. The highest BCUT2D eigenvalue weighted by atomic mass is 35.5. The van der Waals surface area contributed by atoms with E-state index in [-0.39, 0.29) is 12.5 Å². The molecule has 0 unspecified atom stereocenters. The number of rotatable bonds is 4. The molecule has 3 aromatic rings. The van der Waals surface area contributed by atoms with Crippen LogP contribution in [0, 0.1) is 13.8 Å². The molecule has 2 aromatic heterocycles. The van der Waals surface area contributed by atoms with E-state index in [2.05, 4.69) is 15.5 Å². The summed E-state index contributed by atoms with van der Waals surface area (Å²) >= 11 is 5.97. The van der Waals surface area contributed by atoms with Gasteiger partial charge in [0.05, 0.1) is 0 Å². The highest BCUT2D eigenvalue weighted by Gasteiger charge is 2.13. The van der Waals surface area contributed by atoms with Gasteiger partial charge in [0, 0.05) is 23.8 Å². The SMILES string of the molecule is Cc1nnc(-c2cccn2CC(=O)Nc2cc(Cl)ccc2C)o1. The predicted octanol–water partition coefficient (Wildman–Crippen LogP) is 3.45. The van der Waals surface area contributed by atoms with Gasteiger partial charge in [0.15, 0.2) is 0 Å². The van der Waals surface area contributed by atoms with Crippen molar-refractivity contribution in [2.24, 2.45) is 0 Å². The summed E-state index contributed by atoms with van der Waals surface area (Å²) in [7, 11) is 0. The monoisotopic (exact) mass is 330 g/mol. The Bertz CT molecular complexity index is 853. The van der Waals surface area contributed by atoms with E-state index in [1.54, 1.807) is 29.8 Å². The minimum atomic E-state index is -0.163. The molecule has 0 atom stereocenters. The number of hydrogen-bond donors (Lipinski definition) is 1. The largest absolute Gasteiger partial charge is 0.420 e. The van der Waals surface area contributed by atoms with Gasteiger partial charge in [0.2, 0.25) is 11.8 Å². The topological polar surface area (TPSA) is 73.0 Å². The van der Waals surface area contributed by atoms with E-state index < -0.39 is 0 Å². The van der Waals surface area contributed by atoms with E-state index in [4.69, 9.17) is 16.0 Å². The fraction of sp³-hybridized carbons (Fsp3) is 0.188. The number of benzene rings is 1. The summed E-state index contributed by atoms with van der Waals surface area (Å²) in [5.41, 5.74) is 2.34. The molecule has 118 valence electrons. The van der Waals surface area contributed by atoms with Gasteiger partial charge in [-0.05, 0) is 36.8 Å². The summed E-state index contributed by atoms with van der Waals surface area (Å²) in [6.45, 7) is 3.77. The zero-order chi connectivity index (χ0) is 16.4. The Morgan fingerprint density at radius 3 is 2.87 bits per heavy atom. The maximum atomic E-state index is 12.3. The molecule has 0 radical (unpaired) electrons. The van der Waals surface area contributed by atoms with Crippen molar-refractivity contribution in [3.05, 3.63) is 53.0 Å². The summed E-state index contributed by atoms with van der Waals surface area (Å²) in [6, 6.07) is 9.03. The number of aryl methyl sites for hydroxylation is 2. The van der Waals surface area contributed by atoms with E-state index in [0.29, 0.717) is 28.2 Å². The van der Waals surface area contributed by atoms with Crippen LogP contribution in [0.25, 0.3) is 11.6 Å². The van der Waals surface area contributed by atoms with Crippen LogP contribution >= 0.6 is 11.6 Å². The molecule has 1 aromatic carbocycles. The molecule has 0 aliphatic rings. The van der Waals surface area contributed by atoms with Crippen LogP contribution in [0.4, 0.5) is 5.69 Å². The maximum Gasteiger partial charge on any atom is 0.264 e. The van der Waals surface area contributed by atoms with Crippen molar-refractivity contribution < 1.29 is 9.21 Å². The van der Waals surface area contributed by atoms with Crippen LogP contribution in [-0.2, 0) is 11.3 Å². The van der Waals surface area contributed by atoms with E-state index in [9.17, 15) is 4.79 Å². The van der Waals surface area contributed by atoms with Crippen molar-refractivity contribution in [3.63, 3.8) is 0 Å². The highest BCUT2D eigenvalue weighted by Crippen LogP contribution is 2.21. The van der Waals surface area contributed by atoms with Crippen molar-refractivity contribution in [3.8, 4) is 11.6 Å². The van der Waals surface area contributed by atoms with Gasteiger partial charge in [-0.1, -0.05) is 17.7 Å². The average molecular weight is 331 g/mol. The molecule has 7 heteroatoms. The maximum absolute atomic E-state index is 12.3. The molecule has 0 spiro atoms. The first-order chi connectivity index (χ1) is 11.0. The summed E-state index contributed by atoms with van der Waals surface area (Å²) in [5.74, 6) is 0.704. The Balaban J connectivity index is 1.76. The Morgan fingerprint density at radius 1 is 1.30 bits per heavy atom. The number of carbonyl (C=O) groups excluding carboxylic acids is 1. The van der Waals surface area contributed by atoms with E-state index in [1.165, 1.54) is 0 Å². The summed E-state index contributed by atoms with van der Waals surface area (Å²) in [6.07, 6.45) is 1.79. The number of carbonyl (C=O) groups is 1. The lowest BCUT2D eigenvalue weighted by molar-refractivity contribution is -0.116. The van der Waals surface area contributed by atoms with Gasteiger partial charge in [-0.25, -0.2) is 0 Å². The average Bonchev–Trinajstić information content (AvgIpc) is 3.11. The number of halogens is 1. The second-order valence-electron chi connectivity index (χ2n) is 5.15. The summed E-state index contributed by atoms with van der Waals surface area (Å²) < 4.78 is 7.16. The molecule has 1 amide bonds. The molecule has 0 bridgehead atoms. The Morgan fingerprint density at radius 2 is 2.13 bits per heavy atom. The smallest absolute Gasteiger partial charge is 0.264 e. The molecule has 0 saturated heterocycles. The van der Waals surface area contributed by atoms with Gasteiger partial charge < -0.3 is 14.3 Å². The van der Waals surface area contributed by atoms with Crippen LogP contribution in [0.5, 0.6) is 0 Å². The standard InChI is InChI=1S/C16H15ClN4O2/c1-10-5-6-12(17)8-13(10)18-15(22)9-21-7-3-4-14(21)16-20-19-11(2)23-16/h3-8H,9H2,1-2H3,(H,18,22).